The summed E-state index contributed by atoms with van der Waals surface area (Å²) in [4.78, 5) is 36.9. The lowest BCUT2D eigenvalue weighted by atomic mass is 9.86. The number of phenolic OH excluding ortho intramolecular Hbond substituents is 1. The predicted molar refractivity (Wildman–Crippen MR) is 138 cm³/mol. The molecular formula is C29H32O12. The number of hydrogen-bond acceptors (Lipinski definition) is 12. The quantitative estimate of drug-likeness (QED) is 0.153. The van der Waals surface area contributed by atoms with E-state index in [0.29, 0.717) is 36.0 Å². The van der Waals surface area contributed by atoms with Gasteiger partial charge in [0.25, 0.3) is 0 Å². The summed E-state index contributed by atoms with van der Waals surface area (Å²) >= 11 is 0. The molecular weight excluding hydrogens is 540 g/mol. The van der Waals surface area contributed by atoms with Crippen LogP contribution in [0, 0.1) is 5.92 Å². The van der Waals surface area contributed by atoms with Gasteiger partial charge in [-0.25, -0.2) is 9.59 Å². The number of aromatic hydroxyl groups is 1. The average molecular weight is 573 g/mol. The number of carbonyl (C=O) groups excluding carboxylic acids is 3. The first-order valence-corrected chi connectivity index (χ1v) is 13.3. The van der Waals surface area contributed by atoms with Gasteiger partial charge in [-0.3, -0.25) is 4.79 Å². The Bertz CT molecular complexity index is 1250. The first-order valence-electron chi connectivity index (χ1n) is 13.3. The molecule has 5 rings (SSSR count). The van der Waals surface area contributed by atoms with E-state index in [-0.39, 0.29) is 24.4 Å². The van der Waals surface area contributed by atoms with Crippen molar-refractivity contribution in [1.82, 2.24) is 0 Å². The molecule has 4 aliphatic rings. The largest absolute Gasteiger partial charge is 0.508 e. The molecule has 220 valence electrons. The molecule has 0 aromatic heterocycles. The van der Waals surface area contributed by atoms with Crippen LogP contribution in [0.5, 0.6) is 5.75 Å². The van der Waals surface area contributed by atoms with E-state index in [1.807, 2.05) is 0 Å². The fourth-order valence-electron chi connectivity index (χ4n) is 5.36. The molecule has 2 bridgehead atoms. The fourth-order valence-corrected chi connectivity index (χ4v) is 5.36. The maximum atomic E-state index is 12.3. The van der Waals surface area contributed by atoms with E-state index in [4.69, 9.17) is 23.7 Å². The monoisotopic (exact) mass is 572 g/mol. The van der Waals surface area contributed by atoms with Crippen molar-refractivity contribution in [3.8, 4) is 5.75 Å². The standard InChI is InChI=1S/C29H32O12/c1-14-23-19(39-27(14)35)9-16(3-2-4-17-11-20(23)40-28(17)36)12-38-29-26(34)25(33)24(32)21(41-29)13-37-22(31)10-15-5-7-18(30)8-6-15/h4-9,19-21,23-26,29-30,32-34H,1-3,10-13H2/b16-9-,17-4?/t19-,20+,21-,23+,24-,25+,26-,29-/m1/s1. The van der Waals surface area contributed by atoms with Gasteiger partial charge in [-0.05, 0) is 42.2 Å². The van der Waals surface area contributed by atoms with E-state index in [1.165, 1.54) is 12.1 Å². The summed E-state index contributed by atoms with van der Waals surface area (Å²) in [6.07, 6.45) is -3.98. The SMILES string of the molecule is C=C1C(=O)O[C@@H]2/C=C(\CO[C@@H]3O[C@H](COC(=O)Cc4ccc(O)cc4)[C@@H](O)[C@H](O)[C@H]3O)CCC=C3C[C@H](OC3=O)[C@@H]12. The molecule has 0 spiro atoms. The molecule has 1 aromatic carbocycles. The number of esters is 3. The van der Waals surface area contributed by atoms with Crippen LogP contribution in [0.2, 0.25) is 0 Å². The van der Waals surface area contributed by atoms with Gasteiger partial charge in [0.15, 0.2) is 6.29 Å². The molecule has 1 aliphatic carbocycles. The van der Waals surface area contributed by atoms with Crippen LogP contribution in [-0.4, -0.2) is 94.5 Å². The summed E-state index contributed by atoms with van der Waals surface area (Å²) in [5, 5.41) is 40.7. The van der Waals surface area contributed by atoms with Gasteiger partial charge in [0, 0.05) is 17.6 Å². The molecule has 3 saturated heterocycles. The highest BCUT2D eigenvalue weighted by Crippen LogP contribution is 2.39. The third kappa shape index (κ3) is 6.36. The number of ether oxygens (including phenoxy) is 5. The van der Waals surface area contributed by atoms with E-state index in [0.717, 1.165) is 0 Å². The van der Waals surface area contributed by atoms with Crippen LogP contribution in [0.25, 0.3) is 0 Å². The van der Waals surface area contributed by atoms with Gasteiger partial charge in [0.05, 0.1) is 18.9 Å². The van der Waals surface area contributed by atoms with Crippen LogP contribution >= 0.6 is 0 Å². The van der Waals surface area contributed by atoms with Gasteiger partial charge in [0.1, 0.15) is 49.0 Å². The van der Waals surface area contributed by atoms with E-state index in [2.05, 4.69) is 6.58 Å². The number of benzene rings is 1. The Morgan fingerprint density at radius 1 is 1.02 bits per heavy atom. The van der Waals surface area contributed by atoms with Crippen molar-refractivity contribution in [1.29, 1.82) is 0 Å². The molecule has 12 nitrogen and oxygen atoms in total. The molecule has 8 atom stereocenters. The average Bonchev–Trinajstić information content (AvgIpc) is 3.43. The Morgan fingerprint density at radius 2 is 1.78 bits per heavy atom. The Morgan fingerprint density at radius 3 is 2.54 bits per heavy atom. The Kier molecular flexibility index (Phi) is 8.57. The van der Waals surface area contributed by atoms with E-state index >= 15 is 0 Å². The highest BCUT2D eigenvalue weighted by molar-refractivity contribution is 5.93. The number of aliphatic hydroxyl groups excluding tert-OH is 3. The first-order chi connectivity index (χ1) is 19.6. The van der Waals surface area contributed by atoms with Crippen LogP contribution < -0.4 is 0 Å². The second-order valence-electron chi connectivity index (χ2n) is 10.5. The molecule has 1 aromatic rings. The third-order valence-electron chi connectivity index (χ3n) is 7.65. The molecule has 0 amide bonds. The van der Waals surface area contributed by atoms with Crippen LogP contribution in [0.15, 0.2) is 59.7 Å². The number of phenols is 1. The van der Waals surface area contributed by atoms with Gasteiger partial charge in [-0.1, -0.05) is 24.8 Å². The van der Waals surface area contributed by atoms with Crippen molar-refractivity contribution >= 4 is 17.9 Å². The summed E-state index contributed by atoms with van der Waals surface area (Å²) in [6.45, 7) is 3.33. The number of fused-ring (bicyclic) bond motifs is 4. The molecule has 4 N–H and O–H groups in total. The minimum Gasteiger partial charge on any atom is -0.508 e. The van der Waals surface area contributed by atoms with Gasteiger partial charge in [-0.2, -0.15) is 0 Å². The summed E-state index contributed by atoms with van der Waals surface area (Å²) in [6, 6.07) is 6.01. The minimum absolute atomic E-state index is 0.0587. The van der Waals surface area contributed by atoms with Crippen LogP contribution in [0.1, 0.15) is 24.8 Å². The van der Waals surface area contributed by atoms with Gasteiger partial charge in [0.2, 0.25) is 0 Å². The molecule has 0 radical (unpaired) electrons. The third-order valence-corrected chi connectivity index (χ3v) is 7.65. The van der Waals surface area contributed by atoms with Crippen molar-refractivity contribution in [3.05, 3.63) is 65.3 Å². The molecule has 12 heteroatoms. The van der Waals surface area contributed by atoms with Crippen molar-refractivity contribution in [2.75, 3.05) is 13.2 Å². The molecule has 3 aliphatic heterocycles. The second kappa shape index (κ2) is 12.1. The van der Waals surface area contributed by atoms with Crippen molar-refractivity contribution in [2.24, 2.45) is 5.92 Å². The number of allylic oxidation sites excluding steroid dienone is 1. The summed E-state index contributed by atoms with van der Waals surface area (Å²) in [7, 11) is 0. The number of hydrogen-bond donors (Lipinski definition) is 4. The van der Waals surface area contributed by atoms with Gasteiger partial charge in [-0.15, -0.1) is 0 Å². The lowest BCUT2D eigenvalue weighted by Crippen LogP contribution is -2.59. The Balaban J connectivity index is 1.22. The van der Waals surface area contributed by atoms with Crippen molar-refractivity contribution < 1.29 is 58.5 Å². The fraction of sp³-hybridized carbons (Fsp3) is 0.483. The highest BCUT2D eigenvalue weighted by Gasteiger charge is 2.48. The summed E-state index contributed by atoms with van der Waals surface area (Å²) in [5.74, 6) is -2.12. The predicted octanol–water partition coefficient (Wildman–Crippen LogP) is 0.362. The van der Waals surface area contributed by atoms with Gasteiger partial charge >= 0.3 is 17.9 Å². The van der Waals surface area contributed by atoms with E-state index < -0.39 is 73.3 Å². The Hall–Kier alpha value is -3.55. The lowest BCUT2D eigenvalue weighted by molar-refractivity contribution is -0.299. The van der Waals surface area contributed by atoms with Crippen molar-refractivity contribution in [3.63, 3.8) is 0 Å². The van der Waals surface area contributed by atoms with Crippen LogP contribution in [0.3, 0.4) is 0 Å². The maximum Gasteiger partial charge on any atom is 0.334 e. The maximum absolute atomic E-state index is 12.3. The summed E-state index contributed by atoms with van der Waals surface area (Å²) < 4.78 is 27.7. The zero-order valence-electron chi connectivity index (χ0n) is 22.1. The number of carbonyl (C=O) groups is 3. The molecule has 3 fully saturated rings. The molecule has 0 unspecified atom stereocenters. The number of rotatable bonds is 7. The first kappa shape index (κ1) is 29.0. The lowest BCUT2D eigenvalue weighted by Gasteiger charge is -2.40. The van der Waals surface area contributed by atoms with Crippen LogP contribution in [0.4, 0.5) is 0 Å². The van der Waals surface area contributed by atoms with Crippen molar-refractivity contribution in [2.45, 2.75) is 68.6 Å². The van der Waals surface area contributed by atoms with E-state index in [1.54, 1.807) is 24.3 Å². The molecule has 0 saturated carbocycles. The zero-order valence-corrected chi connectivity index (χ0v) is 22.1. The smallest absolute Gasteiger partial charge is 0.334 e. The normalized spacial score (nSPS) is 34.6. The number of aliphatic hydroxyl groups is 3. The van der Waals surface area contributed by atoms with E-state index in [9.17, 15) is 34.8 Å². The highest BCUT2D eigenvalue weighted by atomic mass is 16.7. The Labute approximate surface area is 235 Å². The molecule has 41 heavy (non-hydrogen) atoms. The van der Waals surface area contributed by atoms with Gasteiger partial charge < -0.3 is 44.1 Å². The van der Waals surface area contributed by atoms with Crippen LogP contribution in [-0.2, 0) is 44.5 Å². The summed E-state index contributed by atoms with van der Waals surface area (Å²) in [5.41, 5.74) is 2.03. The second-order valence-corrected chi connectivity index (χ2v) is 10.5. The zero-order chi connectivity index (χ0) is 29.3. The minimum atomic E-state index is -1.64. The molecule has 3 heterocycles. The topological polar surface area (TPSA) is 178 Å².